The molecule has 2 rings (SSSR count). The minimum atomic E-state index is -4.21. The number of carbonyl (C=O) groups excluding carboxylic acids is 1. The predicted octanol–water partition coefficient (Wildman–Crippen LogP) is 1.45. The number of nitrogens with zero attached hydrogens (tertiary/aromatic N) is 2. The second-order valence-corrected chi connectivity index (χ2v) is 5.04. The SMILES string of the molecule is NCc1cc(C(=O)N2CCCN(CC(F)(F)F)CC2)co1. The molecule has 2 N–H and O–H groups in total. The van der Waals surface area contributed by atoms with Gasteiger partial charge in [0.1, 0.15) is 12.0 Å². The lowest BCUT2D eigenvalue weighted by molar-refractivity contribution is -0.145. The van der Waals surface area contributed by atoms with Crippen molar-refractivity contribution in [2.24, 2.45) is 5.73 Å². The van der Waals surface area contributed by atoms with E-state index in [1.807, 2.05) is 0 Å². The van der Waals surface area contributed by atoms with Crippen molar-refractivity contribution in [3.8, 4) is 0 Å². The van der Waals surface area contributed by atoms with E-state index in [-0.39, 0.29) is 25.5 Å². The summed E-state index contributed by atoms with van der Waals surface area (Å²) >= 11 is 0. The van der Waals surface area contributed by atoms with Crippen LogP contribution in [0.5, 0.6) is 0 Å². The van der Waals surface area contributed by atoms with Gasteiger partial charge in [0.25, 0.3) is 5.91 Å². The summed E-state index contributed by atoms with van der Waals surface area (Å²) in [6, 6.07) is 1.57. The van der Waals surface area contributed by atoms with Crippen LogP contribution in [0.3, 0.4) is 0 Å². The van der Waals surface area contributed by atoms with Crippen LogP contribution >= 0.6 is 0 Å². The van der Waals surface area contributed by atoms with Crippen LogP contribution in [0.25, 0.3) is 0 Å². The second-order valence-electron chi connectivity index (χ2n) is 5.04. The Balaban J connectivity index is 1.94. The first-order valence-electron chi connectivity index (χ1n) is 6.75. The lowest BCUT2D eigenvalue weighted by atomic mass is 10.2. The minimum Gasteiger partial charge on any atom is -0.467 e. The molecular weight excluding hydrogens is 287 g/mol. The zero-order chi connectivity index (χ0) is 15.5. The van der Waals surface area contributed by atoms with Gasteiger partial charge in [0.2, 0.25) is 0 Å². The van der Waals surface area contributed by atoms with Crippen LogP contribution in [0.15, 0.2) is 16.7 Å². The van der Waals surface area contributed by atoms with Gasteiger partial charge in [-0.2, -0.15) is 13.2 Å². The molecule has 1 aliphatic heterocycles. The van der Waals surface area contributed by atoms with E-state index >= 15 is 0 Å². The number of furan rings is 1. The number of rotatable bonds is 3. The van der Waals surface area contributed by atoms with E-state index in [1.54, 1.807) is 11.0 Å². The molecule has 0 radical (unpaired) electrons. The Morgan fingerprint density at radius 2 is 2.05 bits per heavy atom. The Labute approximate surface area is 120 Å². The number of alkyl halides is 3. The molecular formula is C13H18F3N3O2. The molecule has 1 aromatic rings. The average Bonchev–Trinajstić information content (AvgIpc) is 2.77. The molecule has 1 aromatic heterocycles. The van der Waals surface area contributed by atoms with Crippen LogP contribution in [0, 0.1) is 0 Å². The molecule has 0 unspecified atom stereocenters. The third-order valence-corrected chi connectivity index (χ3v) is 3.38. The van der Waals surface area contributed by atoms with E-state index in [1.165, 1.54) is 11.2 Å². The molecule has 0 atom stereocenters. The monoisotopic (exact) mass is 305 g/mol. The van der Waals surface area contributed by atoms with E-state index in [9.17, 15) is 18.0 Å². The first-order valence-corrected chi connectivity index (χ1v) is 6.75. The third-order valence-electron chi connectivity index (χ3n) is 3.38. The summed E-state index contributed by atoms with van der Waals surface area (Å²) in [4.78, 5) is 15.1. The highest BCUT2D eigenvalue weighted by Crippen LogP contribution is 2.18. The fourth-order valence-corrected chi connectivity index (χ4v) is 2.37. The summed E-state index contributed by atoms with van der Waals surface area (Å²) in [5, 5.41) is 0. The van der Waals surface area contributed by atoms with Gasteiger partial charge in [-0.05, 0) is 12.5 Å². The summed E-state index contributed by atoms with van der Waals surface area (Å²) in [5.41, 5.74) is 5.80. The Bertz CT molecular complexity index is 487. The first kappa shape index (κ1) is 15.8. The van der Waals surface area contributed by atoms with Gasteiger partial charge in [-0.1, -0.05) is 0 Å². The zero-order valence-corrected chi connectivity index (χ0v) is 11.5. The average molecular weight is 305 g/mol. The summed E-state index contributed by atoms with van der Waals surface area (Å²) in [5.74, 6) is 0.277. The fraction of sp³-hybridized carbons (Fsp3) is 0.615. The van der Waals surface area contributed by atoms with Crippen molar-refractivity contribution in [3.63, 3.8) is 0 Å². The fourth-order valence-electron chi connectivity index (χ4n) is 2.37. The van der Waals surface area contributed by atoms with Crippen molar-refractivity contribution in [1.82, 2.24) is 9.80 Å². The number of nitrogens with two attached hydrogens (primary N) is 1. The quantitative estimate of drug-likeness (QED) is 0.918. The Kier molecular flexibility index (Phi) is 4.89. The van der Waals surface area contributed by atoms with Gasteiger partial charge in [-0.25, -0.2) is 0 Å². The smallest absolute Gasteiger partial charge is 0.401 e. The van der Waals surface area contributed by atoms with E-state index in [0.717, 1.165) is 0 Å². The molecule has 21 heavy (non-hydrogen) atoms. The number of carbonyl (C=O) groups is 1. The molecule has 0 aliphatic carbocycles. The van der Waals surface area contributed by atoms with Gasteiger partial charge in [-0.3, -0.25) is 9.69 Å². The van der Waals surface area contributed by atoms with Crippen LogP contribution in [0.4, 0.5) is 13.2 Å². The molecule has 0 bridgehead atoms. The highest BCUT2D eigenvalue weighted by Gasteiger charge is 2.32. The Morgan fingerprint density at radius 1 is 1.29 bits per heavy atom. The van der Waals surface area contributed by atoms with Crippen LogP contribution < -0.4 is 5.73 Å². The molecule has 0 aromatic carbocycles. The number of halogens is 3. The van der Waals surface area contributed by atoms with E-state index in [4.69, 9.17) is 10.2 Å². The molecule has 1 aliphatic rings. The van der Waals surface area contributed by atoms with E-state index in [0.29, 0.717) is 30.8 Å². The predicted molar refractivity (Wildman–Crippen MR) is 69.6 cm³/mol. The largest absolute Gasteiger partial charge is 0.467 e. The van der Waals surface area contributed by atoms with Crippen molar-refractivity contribution in [1.29, 1.82) is 0 Å². The molecule has 5 nitrogen and oxygen atoms in total. The summed E-state index contributed by atoms with van der Waals surface area (Å²) in [7, 11) is 0. The van der Waals surface area contributed by atoms with Crippen molar-refractivity contribution in [2.45, 2.75) is 19.1 Å². The Hall–Kier alpha value is -1.54. The normalized spacial score (nSPS) is 17.8. The van der Waals surface area contributed by atoms with Gasteiger partial charge in [0.15, 0.2) is 0 Å². The summed E-state index contributed by atoms with van der Waals surface area (Å²) < 4.78 is 42.3. The van der Waals surface area contributed by atoms with Gasteiger partial charge in [0, 0.05) is 26.2 Å². The van der Waals surface area contributed by atoms with Crippen LogP contribution in [0.2, 0.25) is 0 Å². The highest BCUT2D eigenvalue weighted by atomic mass is 19.4. The van der Waals surface area contributed by atoms with Crippen molar-refractivity contribution >= 4 is 5.91 Å². The maximum atomic E-state index is 12.4. The van der Waals surface area contributed by atoms with Crippen LogP contribution in [0.1, 0.15) is 22.5 Å². The molecule has 1 amide bonds. The summed E-state index contributed by atoms with van der Waals surface area (Å²) in [6.45, 7) is 0.536. The maximum absolute atomic E-state index is 12.4. The molecule has 2 heterocycles. The summed E-state index contributed by atoms with van der Waals surface area (Å²) in [6.07, 6.45) is -2.36. The first-order chi connectivity index (χ1) is 9.89. The topological polar surface area (TPSA) is 62.7 Å². The molecule has 8 heteroatoms. The lowest BCUT2D eigenvalue weighted by Crippen LogP contribution is -2.38. The van der Waals surface area contributed by atoms with Crippen LogP contribution in [-0.4, -0.2) is 54.6 Å². The Morgan fingerprint density at radius 3 is 2.67 bits per heavy atom. The molecule has 118 valence electrons. The van der Waals surface area contributed by atoms with Crippen molar-refractivity contribution < 1.29 is 22.4 Å². The van der Waals surface area contributed by atoms with Crippen molar-refractivity contribution in [3.05, 3.63) is 23.7 Å². The zero-order valence-electron chi connectivity index (χ0n) is 11.5. The minimum absolute atomic E-state index is 0.201. The van der Waals surface area contributed by atoms with Gasteiger partial charge in [0.05, 0.1) is 18.7 Å². The van der Waals surface area contributed by atoms with Gasteiger partial charge < -0.3 is 15.1 Å². The maximum Gasteiger partial charge on any atom is 0.401 e. The highest BCUT2D eigenvalue weighted by molar-refractivity contribution is 5.94. The molecule has 1 fully saturated rings. The number of hydrogen-bond acceptors (Lipinski definition) is 4. The third kappa shape index (κ3) is 4.47. The number of hydrogen-bond donors (Lipinski definition) is 1. The van der Waals surface area contributed by atoms with Gasteiger partial charge >= 0.3 is 6.18 Å². The molecule has 0 saturated carbocycles. The van der Waals surface area contributed by atoms with Crippen molar-refractivity contribution in [2.75, 3.05) is 32.7 Å². The van der Waals surface area contributed by atoms with Crippen LogP contribution in [-0.2, 0) is 6.54 Å². The standard InChI is InChI=1S/C13H18F3N3O2/c14-13(15,16)9-18-2-1-3-19(5-4-18)12(20)10-6-11(7-17)21-8-10/h6,8H,1-5,7,9,17H2. The lowest BCUT2D eigenvalue weighted by Gasteiger charge is -2.22. The molecule has 0 spiro atoms. The molecule has 1 saturated heterocycles. The second kappa shape index (κ2) is 6.48. The van der Waals surface area contributed by atoms with E-state index in [2.05, 4.69) is 0 Å². The van der Waals surface area contributed by atoms with E-state index < -0.39 is 12.7 Å². The number of amides is 1. The van der Waals surface area contributed by atoms with Gasteiger partial charge in [-0.15, -0.1) is 0 Å².